The van der Waals surface area contributed by atoms with Crippen LogP contribution in [0, 0.1) is 0 Å². The largest absolute Gasteiger partial charge is 0.485 e. The minimum Gasteiger partial charge on any atom is -0.485 e. The summed E-state index contributed by atoms with van der Waals surface area (Å²) in [6.45, 7) is 0. The minimum absolute atomic E-state index is 0.0148. The molecule has 0 N–H and O–H groups in total. The van der Waals surface area contributed by atoms with Crippen molar-refractivity contribution in [1.29, 1.82) is 0 Å². The van der Waals surface area contributed by atoms with Crippen LogP contribution in [0.3, 0.4) is 0 Å². The molecule has 9 aromatic rings. The fourth-order valence-electron chi connectivity index (χ4n) is 9.49. The van der Waals surface area contributed by atoms with Gasteiger partial charge in [-0.15, -0.1) is 0 Å². The molecule has 0 saturated heterocycles. The van der Waals surface area contributed by atoms with E-state index < -0.39 is 5.41 Å². The van der Waals surface area contributed by atoms with E-state index in [4.69, 9.17) is 4.74 Å². The van der Waals surface area contributed by atoms with Crippen molar-refractivity contribution >= 4 is 27.3 Å². The first kappa shape index (κ1) is 32.5. The number of benzene rings is 9. The van der Waals surface area contributed by atoms with Crippen molar-refractivity contribution < 1.29 is 4.74 Å². The monoisotopic (exact) mass is 714 g/mol. The molecule has 0 bridgehead atoms. The van der Waals surface area contributed by atoms with E-state index in [1.54, 1.807) is 0 Å². The summed E-state index contributed by atoms with van der Waals surface area (Å²) in [6, 6.07) is 75.6. The van der Waals surface area contributed by atoms with Crippen molar-refractivity contribution in [3.8, 4) is 33.4 Å². The SMILES string of the molecule is C1=C(c2ccc(-c3c4ccccc4cc4ccccc34)cc2)OC(c2ccc(-c3ccc4c(c3)C(c3ccccc3)(c3ccccc3)c3ccccc3-4)cc2)C1. The molecule has 2 aliphatic rings. The van der Waals surface area contributed by atoms with Crippen molar-refractivity contribution in [1.82, 2.24) is 0 Å². The molecule has 0 aromatic heterocycles. The summed E-state index contributed by atoms with van der Waals surface area (Å²) >= 11 is 0. The van der Waals surface area contributed by atoms with E-state index in [1.165, 1.54) is 82.7 Å². The van der Waals surface area contributed by atoms with Crippen LogP contribution in [0.4, 0.5) is 0 Å². The Morgan fingerprint density at radius 2 is 0.946 bits per heavy atom. The van der Waals surface area contributed by atoms with Crippen LogP contribution in [0.1, 0.15) is 45.9 Å². The molecule has 0 amide bonds. The van der Waals surface area contributed by atoms with Gasteiger partial charge in [-0.05, 0) is 101 Å². The van der Waals surface area contributed by atoms with Gasteiger partial charge >= 0.3 is 0 Å². The van der Waals surface area contributed by atoms with Crippen LogP contribution in [-0.4, -0.2) is 0 Å². The van der Waals surface area contributed by atoms with E-state index in [9.17, 15) is 0 Å². The van der Waals surface area contributed by atoms with Gasteiger partial charge in [0.2, 0.25) is 0 Å². The number of hydrogen-bond donors (Lipinski definition) is 0. The van der Waals surface area contributed by atoms with Crippen molar-refractivity contribution in [3.63, 3.8) is 0 Å². The summed E-state index contributed by atoms with van der Waals surface area (Å²) in [5, 5.41) is 5.07. The van der Waals surface area contributed by atoms with E-state index in [2.05, 4.69) is 212 Å². The quantitative estimate of drug-likeness (QED) is 0.156. The Bertz CT molecular complexity index is 2850. The third-order valence-corrected chi connectivity index (χ3v) is 12.1. The second kappa shape index (κ2) is 13.1. The van der Waals surface area contributed by atoms with Crippen molar-refractivity contribution in [2.24, 2.45) is 0 Å². The van der Waals surface area contributed by atoms with Crippen LogP contribution in [0.2, 0.25) is 0 Å². The zero-order chi connectivity index (χ0) is 37.1. The molecule has 1 heterocycles. The maximum absolute atomic E-state index is 6.65. The molecule has 0 radical (unpaired) electrons. The van der Waals surface area contributed by atoms with Gasteiger partial charge in [0.15, 0.2) is 0 Å². The molecule has 1 atom stereocenters. The van der Waals surface area contributed by atoms with Crippen LogP contribution in [-0.2, 0) is 10.2 Å². The van der Waals surface area contributed by atoms with E-state index in [0.717, 1.165) is 17.7 Å². The van der Waals surface area contributed by atoms with Gasteiger partial charge in [0.1, 0.15) is 11.9 Å². The maximum atomic E-state index is 6.65. The lowest BCUT2D eigenvalue weighted by atomic mass is 9.67. The van der Waals surface area contributed by atoms with Gasteiger partial charge in [-0.2, -0.15) is 0 Å². The van der Waals surface area contributed by atoms with E-state index in [-0.39, 0.29) is 6.10 Å². The summed E-state index contributed by atoms with van der Waals surface area (Å²) in [5.74, 6) is 0.949. The molecule has 11 rings (SSSR count). The Kier molecular flexibility index (Phi) is 7.60. The summed E-state index contributed by atoms with van der Waals surface area (Å²) in [4.78, 5) is 0. The molecular formula is C55H38O. The van der Waals surface area contributed by atoms with Crippen LogP contribution >= 0.6 is 0 Å². The highest BCUT2D eigenvalue weighted by atomic mass is 16.5. The molecule has 1 aliphatic carbocycles. The fraction of sp³-hybridized carbons (Fsp3) is 0.0545. The Morgan fingerprint density at radius 1 is 0.411 bits per heavy atom. The maximum Gasteiger partial charge on any atom is 0.127 e. The van der Waals surface area contributed by atoms with Gasteiger partial charge in [-0.3, -0.25) is 0 Å². The van der Waals surface area contributed by atoms with Gasteiger partial charge in [-0.25, -0.2) is 0 Å². The molecule has 56 heavy (non-hydrogen) atoms. The number of ether oxygens (including phenoxy) is 1. The third kappa shape index (κ3) is 5.08. The van der Waals surface area contributed by atoms with Crippen molar-refractivity contribution in [2.45, 2.75) is 17.9 Å². The number of hydrogen-bond acceptors (Lipinski definition) is 1. The Labute approximate surface area is 327 Å². The molecular weight excluding hydrogens is 677 g/mol. The van der Waals surface area contributed by atoms with Gasteiger partial charge in [-0.1, -0.05) is 194 Å². The lowest BCUT2D eigenvalue weighted by molar-refractivity contribution is 0.194. The highest BCUT2D eigenvalue weighted by Gasteiger charge is 2.46. The minimum atomic E-state index is -0.412. The molecule has 1 nitrogen and oxygen atoms in total. The van der Waals surface area contributed by atoms with Gasteiger partial charge in [0, 0.05) is 12.0 Å². The zero-order valence-electron chi connectivity index (χ0n) is 30.9. The highest BCUT2D eigenvalue weighted by Crippen LogP contribution is 2.56. The summed E-state index contributed by atoms with van der Waals surface area (Å²) in [7, 11) is 0. The zero-order valence-corrected chi connectivity index (χ0v) is 30.9. The molecule has 0 spiro atoms. The first-order valence-corrected chi connectivity index (χ1v) is 19.6. The molecule has 0 fully saturated rings. The average Bonchev–Trinajstić information content (AvgIpc) is 3.89. The Hall–Kier alpha value is -6.96. The third-order valence-electron chi connectivity index (χ3n) is 12.1. The lowest BCUT2D eigenvalue weighted by Crippen LogP contribution is -2.28. The number of fused-ring (bicyclic) bond motifs is 5. The summed E-state index contributed by atoms with van der Waals surface area (Å²) in [6.07, 6.45) is 3.07. The second-order valence-corrected chi connectivity index (χ2v) is 15.1. The van der Waals surface area contributed by atoms with E-state index in [1.807, 2.05) is 0 Å². The molecule has 264 valence electrons. The second-order valence-electron chi connectivity index (χ2n) is 15.1. The lowest BCUT2D eigenvalue weighted by Gasteiger charge is -2.34. The van der Waals surface area contributed by atoms with Crippen LogP contribution < -0.4 is 0 Å². The highest BCUT2D eigenvalue weighted by molar-refractivity contribution is 6.12. The smallest absolute Gasteiger partial charge is 0.127 e. The molecule has 0 saturated carbocycles. The van der Waals surface area contributed by atoms with Gasteiger partial charge in [0.25, 0.3) is 0 Å². The van der Waals surface area contributed by atoms with Gasteiger partial charge < -0.3 is 4.74 Å². The molecule has 1 unspecified atom stereocenters. The first-order valence-electron chi connectivity index (χ1n) is 19.6. The van der Waals surface area contributed by atoms with Crippen molar-refractivity contribution in [3.05, 3.63) is 246 Å². The van der Waals surface area contributed by atoms with Crippen molar-refractivity contribution in [2.75, 3.05) is 0 Å². The predicted molar refractivity (Wildman–Crippen MR) is 232 cm³/mol. The topological polar surface area (TPSA) is 9.23 Å². The van der Waals surface area contributed by atoms with Crippen LogP contribution in [0.25, 0.3) is 60.7 Å². The summed E-state index contributed by atoms with van der Waals surface area (Å²) < 4.78 is 6.65. The fourth-order valence-corrected chi connectivity index (χ4v) is 9.49. The molecule has 1 heteroatoms. The normalized spacial score (nSPS) is 15.3. The molecule has 9 aromatic carbocycles. The Morgan fingerprint density at radius 3 is 1.62 bits per heavy atom. The predicted octanol–water partition coefficient (Wildman–Crippen LogP) is 14.2. The standard InChI is InChI=1S/C55H38O/c1-3-15-44(16-4-1)55(45-17-5-2-6-18-45)50-22-12-11-21-48(50)49-32-31-41(36-51(49)55)37-23-25-38(26-24-37)52-33-34-53(56-52)39-27-29-40(30-28-39)54-46-19-9-7-13-42(46)35-43-14-8-10-20-47(43)54/h1-32,34-36,52H,33H2. The molecule has 1 aliphatic heterocycles. The van der Waals surface area contributed by atoms with Crippen LogP contribution in [0.15, 0.2) is 212 Å². The van der Waals surface area contributed by atoms with Crippen LogP contribution in [0.5, 0.6) is 0 Å². The number of rotatable bonds is 6. The van der Waals surface area contributed by atoms with E-state index >= 15 is 0 Å². The van der Waals surface area contributed by atoms with E-state index in [0.29, 0.717) is 0 Å². The Balaban J connectivity index is 0.885. The van der Waals surface area contributed by atoms with Gasteiger partial charge in [0.05, 0.1) is 5.41 Å². The first-order chi connectivity index (χ1) is 27.8. The summed E-state index contributed by atoms with van der Waals surface area (Å²) in [5.41, 5.74) is 14.6. The average molecular weight is 715 g/mol.